The highest BCUT2D eigenvalue weighted by molar-refractivity contribution is 6.62. The smallest absolute Gasteiger partial charge is 0.478 e. The number of carboxylic acid groups (broad SMARTS) is 1. The first kappa shape index (κ1) is 25.1. The van der Waals surface area contributed by atoms with Crippen LogP contribution in [-0.2, 0) is 9.31 Å². The summed E-state index contributed by atoms with van der Waals surface area (Å²) in [6.45, 7) is 9.68. The second-order valence-electron chi connectivity index (χ2n) is 9.44. The molecule has 3 rings (SSSR count). The number of hydrogen-bond donors (Lipinski definition) is 2. The average Bonchev–Trinajstić information content (AvgIpc) is 2.92. The molecule has 0 spiro atoms. The van der Waals surface area contributed by atoms with Gasteiger partial charge in [-0.15, -0.1) is 0 Å². The Morgan fingerprint density at radius 2 is 1.64 bits per heavy atom. The molecule has 2 aromatic rings. The van der Waals surface area contributed by atoms with E-state index >= 15 is 0 Å². The highest BCUT2D eigenvalue weighted by Crippen LogP contribution is 2.37. The quantitative estimate of drug-likeness (QED) is 0.532. The Balaban J connectivity index is 1.86. The first-order chi connectivity index (χ1) is 15.2. The minimum absolute atomic E-state index is 0.107. The molecule has 1 fully saturated rings. The zero-order valence-electron chi connectivity index (χ0n) is 19.4. The number of aryl methyl sites for hydroxylation is 1. The fourth-order valence-corrected chi connectivity index (χ4v) is 3.74. The summed E-state index contributed by atoms with van der Waals surface area (Å²) in [4.78, 5) is 11.1. The molecule has 0 amide bonds. The molecule has 1 atom stereocenters. The monoisotopic (exact) mass is 463 g/mol. The average molecular weight is 463 g/mol. The summed E-state index contributed by atoms with van der Waals surface area (Å²) >= 11 is 0. The summed E-state index contributed by atoms with van der Waals surface area (Å²) in [7, 11) is -0.562. The van der Waals surface area contributed by atoms with Gasteiger partial charge in [-0.1, -0.05) is 18.2 Å². The number of carboxylic acids is 1. The number of hydrogen-bond acceptors (Lipinski definition) is 4. The molecule has 0 aromatic heterocycles. The van der Waals surface area contributed by atoms with Crippen molar-refractivity contribution < 1.29 is 32.4 Å². The number of carbonyl (C=O) groups is 1. The largest absolute Gasteiger partial charge is 0.494 e. The highest BCUT2D eigenvalue weighted by atomic mass is 19.4. The molecular formula is C24H29BF3NO4. The van der Waals surface area contributed by atoms with Gasteiger partial charge in [-0.05, 0) is 81.9 Å². The van der Waals surface area contributed by atoms with Gasteiger partial charge < -0.3 is 19.7 Å². The van der Waals surface area contributed by atoms with E-state index in [0.29, 0.717) is 5.69 Å². The molecule has 2 aromatic carbocycles. The van der Waals surface area contributed by atoms with Crippen LogP contribution in [0, 0.1) is 6.92 Å². The molecule has 0 bridgehead atoms. The zero-order valence-corrected chi connectivity index (χ0v) is 19.4. The molecule has 1 unspecified atom stereocenters. The third-order valence-electron chi connectivity index (χ3n) is 6.38. The van der Waals surface area contributed by atoms with Gasteiger partial charge in [-0.25, -0.2) is 4.79 Å². The molecular weight excluding hydrogens is 434 g/mol. The normalized spacial score (nSPS) is 18.2. The molecule has 0 radical (unpaired) electrons. The molecule has 5 nitrogen and oxygen atoms in total. The van der Waals surface area contributed by atoms with Crippen LogP contribution in [0.2, 0.25) is 0 Å². The van der Waals surface area contributed by atoms with Crippen LogP contribution in [0.4, 0.5) is 18.9 Å². The Morgan fingerprint density at radius 1 is 1.06 bits per heavy atom. The van der Waals surface area contributed by atoms with Crippen LogP contribution in [0.1, 0.15) is 68.1 Å². The fraction of sp³-hybridized carbons (Fsp3) is 0.458. The Kier molecular flexibility index (Phi) is 6.87. The highest BCUT2D eigenvalue weighted by Gasteiger charge is 2.51. The van der Waals surface area contributed by atoms with Gasteiger partial charge in [0.2, 0.25) is 0 Å². The zero-order chi connectivity index (χ0) is 24.6. The van der Waals surface area contributed by atoms with E-state index in [-0.39, 0.29) is 12.0 Å². The van der Waals surface area contributed by atoms with E-state index < -0.39 is 42.9 Å². The molecule has 0 aliphatic carbocycles. The van der Waals surface area contributed by atoms with E-state index in [1.807, 2.05) is 46.8 Å². The van der Waals surface area contributed by atoms with Gasteiger partial charge in [-0.2, -0.15) is 13.2 Å². The van der Waals surface area contributed by atoms with Crippen molar-refractivity contribution in [3.05, 3.63) is 59.2 Å². The molecule has 1 aliphatic rings. The van der Waals surface area contributed by atoms with E-state index in [9.17, 15) is 18.0 Å². The van der Waals surface area contributed by atoms with Gasteiger partial charge >= 0.3 is 19.3 Å². The van der Waals surface area contributed by atoms with E-state index in [0.717, 1.165) is 16.6 Å². The van der Waals surface area contributed by atoms with Crippen molar-refractivity contribution in [2.75, 3.05) is 5.32 Å². The minimum atomic E-state index is -4.29. The third-order valence-corrected chi connectivity index (χ3v) is 6.38. The van der Waals surface area contributed by atoms with Gasteiger partial charge in [0.15, 0.2) is 0 Å². The Labute approximate surface area is 192 Å². The Hall–Kier alpha value is -2.52. The SMILES string of the molecule is Cc1cc(B2OC(C)(C)C(C)(C)O2)ccc1C(CCC(F)(F)F)Nc1ccc(C(=O)O)cc1. The molecule has 2 N–H and O–H groups in total. The van der Waals surface area contributed by atoms with Crippen LogP contribution in [0.3, 0.4) is 0 Å². The number of anilines is 1. The molecule has 1 saturated heterocycles. The van der Waals surface area contributed by atoms with Crippen molar-refractivity contribution in [3.8, 4) is 0 Å². The van der Waals surface area contributed by atoms with Crippen molar-refractivity contribution in [2.24, 2.45) is 0 Å². The molecule has 1 heterocycles. The summed E-state index contributed by atoms with van der Waals surface area (Å²) in [5, 5.41) is 12.2. The summed E-state index contributed by atoms with van der Waals surface area (Å²) in [6, 6.07) is 10.8. The first-order valence-electron chi connectivity index (χ1n) is 10.8. The predicted octanol–water partition coefficient (Wildman–Crippen LogP) is 5.49. The third kappa shape index (κ3) is 5.89. The van der Waals surface area contributed by atoms with Gasteiger partial charge in [-0.3, -0.25) is 0 Å². The molecule has 178 valence electrons. The van der Waals surface area contributed by atoms with Gasteiger partial charge in [0.1, 0.15) is 0 Å². The van der Waals surface area contributed by atoms with Crippen molar-refractivity contribution in [1.29, 1.82) is 0 Å². The number of benzene rings is 2. The lowest BCUT2D eigenvalue weighted by atomic mass is 9.77. The van der Waals surface area contributed by atoms with Gasteiger partial charge in [0.05, 0.1) is 22.8 Å². The van der Waals surface area contributed by atoms with Crippen molar-refractivity contribution in [2.45, 2.75) is 70.9 Å². The van der Waals surface area contributed by atoms with Crippen molar-refractivity contribution in [1.82, 2.24) is 0 Å². The van der Waals surface area contributed by atoms with Crippen LogP contribution < -0.4 is 10.8 Å². The van der Waals surface area contributed by atoms with Crippen LogP contribution >= 0.6 is 0 Å². The lowest BCUT2D eigenvalue weighted by Crippen LogP contribution is -2.41. The minimum Gasteiger partial charge on any atom is -0.478 e. The van der Waals surface area contributed by atoms with Crippen LogP contribution in [0.15, 0.2) is 42.5 Å². The maximum absolute atomic E-state index is 13.0. The van der Waals surface area contributed by atoms with Crippen LogP contribution in [-0.4, -0.2) is 35.6 Å². The number of alkyl halides is 3. The molecule has 9 heteroatoms. The standard InChI is InChI=1S/C24H29BF3NO4/c1-15-14-17(25-32-22(2,3)23(4,5)33-25)8-11-19(15)20(12-13-24(26,27)28)29-18-9-6-16(7-10-18)21(30)31/h6-11,14,20,29H,12-13H2,1-5H3,(H,30,31). The summed E-state index contributed by atoms with van der Waals surface area (Å²) in [6.07, 6.45) is -5.40. The van der Waals surface area contributed by atoms with Crippen molar-refractivity contribution in [3.63, 3.8) is 0 Å². The lowest BCUT2D eigenvalue weighted by Gasteiger charge is -2.32. The number of aromatic carboxylic acids is 1. The fourth-order valence-electron chi connectivity index (χ4n) is 3.74. The van der Waals surface area contributed by atoms with E-state index in [1.165, 1.54) is 12.1 Å². The number of rotatable bonds is 7. The van der Waals surface area contributed by atoms with E-state index in [1.54, 1.807) is 18.2 Å². The van der Waals surface area contributed by atoms with Crippen LogP contribution in [0.25, 0.3) is 0 Å². The molecule has 1 aliphatic heterocycles. The Bertz CT molecular complexity index is 990. The maximum atomic E-state index is 13.0. The summed E-state index contributed by atoms with van der Waals surface area (Å²) in [5.41, 5.74) is 1.99. The summed E-state index contributed by atoms with van der Waals surface area (Å²) in [5.74, 6) is -1.07. The maximum Gasteiger partial charge on any atom is 0.494 e. The molecule has 0 saturated carbocycles. The predicted molar refractivity (Wildman–Crippen MR) is 122 cm³/mol. The van der Waals surface area contributed by atoms with E-state index in [4.69, 9.17) is 14.4 Å². The van der Waals surface area contributed by atoms with Crippen molar-refractivity contribution >= 4 is 24.2 Å². The molecule has 33 heavy (non-hydrogen) atoms. The van der Waals surface area contributed by atoms with Gasteiger partial charge in [0, 0.05) is 12.1 Å². The first-order valence-corrected chi connectivity index (χ1v) is 10.8. The van der Waals surface area contributed by atoms with Gasteiger partial charge in [0.25, 0.3) is 0 Å². The summed E-state index contributed by atoms with van der Waals surface area (Å²) < 4.78 is 51.2. The Morgan fingerprint density at radius 3 is 2.12 bits per heavy atom. The lowest BCUT2D eigenvalue weighted by molar-refractivity contribution is -0.136. The number of nitrogens with one attached hydrogen (secondary N) is 1. The number of halogens is 3. The van der Waals surface area contributed by atoms with Crippen LogP contribution in [0.5, 0.6) is 0 Å². The second kappa shape index (κ2) is 9.03. The van der Waals surface area contributed by atoms with E-state index in [2.05, 4.69) is 5.32 Å². The second-order valence-corrected chi connectivity index (χ2v) is 9.44. The topological polar surface area (TPSA) is 67.8 Å².